The first-order valence-corrected chi connectivity index (χ1v) is 8.78. The molecule has 1 amide bonds. The number of carbonyl (C=O) groups excluding carboxylic acids is 1. The Morgan fingerprint density at radius 1 is 1.50 bits per heavy atom. The number of amides is 1. The number of thioether (sulfide) groups is 1. The molecule has 0 aliphatic carbocycles. The fourth-order valence-electron chi connectivity index (χ4n) is 2.59. The van der Waals surface area contributed by atoms with Crippen molar-refractivity contribution in [3.05, 3.63) is 35.4 Å². The van der Waals surface area contributed by atoms with Crippen LogP contribution in [0.25, 0.3) is 0 Å². The molecule has 1 aromatic rings. The molecular formula is C16H24N2OS. The van der Waals surface area contributed by atoms with E-state index in [1.807, 2.05) is 23.9 Å². The number of hydrogen-bond acceptors (Lipinski definition) is 3. The molecule has 2 N–H and O–H groups in total. The zero-order valence-corrected chi connectivity index (χ0v) is 13.0. The molecule has 1 fully saturated rings. The Balaban J connectivity index is 1.92. The molecule has 0 unspecified atom stereocenters. The second kappa shape index (κ2) is 8.32. The molecule has 20 heavy (non-hydrogen) atoms. The summed E-state index contributed by atoms with van der Waals surface area (Å²) in [6.07, 6.45) is 5.55. The lowest BCUT2D eigenvalue weighted by molar-refractivity contribution is 0.0953. The highest BCUT2D eigenvalue weighted by Gasteiger charge is 2.16. The number of carbonyl (C=O) groups is 1. The maximum absolute atomic E-state index is 12.1. The lowest BCUT2D eigenvalue weighted by Gasteiger charge is -2.23. The Kier molecular flexibility index (Phi) is 6.40. The first-order chi connectivity index (χ1) is 9.81. The lowest BCUT2D eigenvalue weighted by atomic mass is 9.90. The molecule has 1 aliphatic rings. The standard InChI is InChI=1S/C16H24N2OS/c1-20-10-4-9-18-16(19)14-6-2-5-13(11-14)15-7-3-8-17-12-15/h2,5-6,11,15,17H,3-4,7-10,12H2,1H3,(H,18,19)/t15-/m1/s1. The van der Waals surface area contributed by atoms with E-state index < -0.39 is 0 Å². The number of nitrogens with one attached hydrogen (secondary N) is 2. The summed E-state index contributed by atoms with van der Waals surface area (Å²) in [4.78, 5) is 12.1. The second-order valence-electron chi connectivity index (χ2n) is 5.27. The van der Waals surface area contributed by atoms with E-state index in [-0.39, 0.29) is 5.91 Å². The largest absolute Gasteiger partial charge is 0.352 e. The Bertz CT molecular complexity index is 430. The molecule has 2 rings (SSSR count). The van der Waals surface area contributed by atoms with Crippen molar-refractivity contribution < 1.29 is 4.79 Å². The first kappa shape index (κ1) is 15.4. The van der Waals surface area contributed by atoms with E-state index in [2.05, 4.69) is 29.0 Å². The molecule has 1 aromatic carbocycles. The molecule has 1 heterocycles. The molecule has 0 bridgehead atoms. The zero-order valence-electron chi connectivity index (χ0n) is 12.2. The van der Waals surface area contributed by atoms with Crippen molar-refractivity contribution in [3.8, 4) is 0 Å². The molecule has 0 spiro atoms. The summed E-state index contributed by atoms with van der Waals surface area (Å²) in [5.74, 6) is 1.69. The fourth-order valence-corrected chi connectivity index (χ4v) is 3.02. The minimum absolute atomic E-state index is 0.0525. The van der Waals surface area contributed by atoms with E-state index in [4.69, 9.17) is 0 Å². The van der Waals surface area contributed by atoms with Crippen LogP contribution in [0.5, 0.6) is 0 Å². The van der Waals surface area contributed by atoms with Gasteiger partial charge in [-0.05, 0) is 61.4 Å². The predicted octanol–water partition coefficient (Wildman–Crippen LogP) is 2.64. The number of rotatable bonds is 6. The molecule has 4 heteroatoms. The van der Waals surface area contributed by atoms with Crippen LogP contribution in [0.15, 0.2) is 24.3 Å². The maximum atomic E-state index is 12.1. The van der Waals surface area contributed by atoms with Gasteiger partial charge >= 0.3 is 0 Å². The molecule has 1 saturated heterocycles. The molecule has 0 saturated carbocycles. The SMILES string of the molecule is CSCCCNC(=O)c1cccc([C@@H]2CCCNC2)c1. The van der Waals surface area contributed by atoms with Gasteiger partial charge in [0.25, 0.3) is 5.91 Å². The van der Waals surface area contributed by atoms with Gasteiger partial charge in [-0.25, -0.2) is 0 Å². The van der Waals surface area contributed by atoms with Gasteiger partial charge in [0.05, 0.1) is 0 Å². The molecule has 0 radical (unpaired) electrons. The monoisotopic (exact) mass is 292 g/mol. The molecular weight excluding hydrogens is 268 g/mol. The van der Waals surface area contributed by atoms with Crippen molar-refractivity contribution in [1.82, 2.24) is 10.6 Å². The van der Waals surface area contributed by atoms with E-state index >= 15 is 0 Å². The van der Waals surface area contributed by atoms with E-state index in [1.165, 1.54) is 18.4 Å². The van der Waals surface area contributed by atoms with Crippen molar-refractivity contribution >= 4 is 17.7 Å². The number of piperidine rings is 1. The summed E-state index contributed by atoms with van der Waals surface area (Å²) in [5, 5.41) is 6.42. The Morgan fingerprint density at radius 2 is 2.40 bits per heavy atom. The normalized spacial score (nSPS) is 18.8. The van der Waals surface area contributed by atoms with Crippen LogP contribution in [0.1, 0.15) is 41.1 Å². The van der Waals surface area contributed by atoms with Gasteiger partial charge in [0, 0.05) is 18.7 Å². The quantitative estimate of drug-likeness (QED) is 0.792. The summed E-state index contributed by atoms with van der Waals surface area (Å²) in [5.41, 5.74) is 2.08. The van der Waals surface area contributed by atoms with Gasteiger partial charge in [-0.1, -0.05) is 12.1 Å². The second-order valence-corrected chi connectivity index (χ2v) is 6.26. The van der Waals surface area contributed by atoms with Crippen LogP contribution in [0.4, 0.5) is 0 Å². The number of hydrogen-bond donors (Lipinski definition) is 2. The van der Waals surface area contributed by atoms with E-state index in [9.17, 15) is 4.79 Å². The highest BCUT2D eigenvalue weighted by molar-refractivity contribution is 7.98. The average molecular weight is 292 g/mol. The van der Waals surface area contributed by atoms with Crippen molar-refractivity contribution in [2.24, 2.45) is 0 Å². The summed E-state index contributed by atoms with van der Waals surface area (Å²) in [7, 11) is 0. The van der Waals surface area contributed by atoms with Gasteiger partial charge in [0.1, 0.15) is 0 Å². The van der Waals surface area contributed by atoms with Crippen LogP contribution in [0, 0.1) is 0 Å². The van der Waals surface area contributed by atoms with Crippen LogP contribution in [0.2, 0.25) is 0 Å². The van der Waals surface area contributed by atoms with Crippen LogP contribution in [-0.2, 0) is 0 Å². The summed E-state index contributed by atoms with van der Waals surface area (Å²) >= 11 is 1.81. The molecule has 3 nitrogen and oxygen atoms in total. The maximum Gasteiger partial charge on any atom is 0.251 e. The average Bonchev–Trinajstić information content (AvgIpc) is 2.52. The molecule has 1 atom stereocenters. The third kappa shape index (κ3) is 4.53. The number of benzene rings is 1. The summed E-state index contributed by atoms with van der Waals surface area (Å²) in [6, 6.07) is 8.11. The lowest BCUT2D eigenvalue weighted by Crippen LogP contribution is -2.29. The van der Waals surface area contributed by atoms with Gasteiger partial charge < -0.3 is 10.6 Å². The minimum Gasteiger partial charge on any atom is -0.352 e. The van der Waals surface area contributed by atoms with Crippen molar-refractivity contribution in [1.29, 1.82) is 0 Å². The third-order valence-corrected chi connectivity index (χ3v) is 4.42. The van der Waals surface area contributed by atoms with Crippen LogP contribution < -0.4 is 10.6 Å². The smallest absolute Gasteiger partial charge is 0.251 e. The Hall–Kier alpha value is -1.00. The minimum atomic E-state index is 0.0525. The van der Waals surface area contributed by atoms with E-state index in [0.29, 0.717) is 5.92 Å². The van der Waals surface area contributed by atoms with Gasteiger partial charge in [-0.2, -0.15) is 11.8 Å². The topological polar surface area (TPSA) is 41.1 Å². The van der Waals surface area contributed by atoms with Crippen molar-refractivity contribution in [2.75, 3.05) is 31.6 Å². The van der Waals surface area contributed by atoms with Gasteiger partial charge in [0.15, 0.2) is 0 Å². The van der Waals surface area contributed by atoms with Crippen LogP contribution in [-0.4, -0.2) is 37.6 Å². The molecule has 1 aliphatic heterocycles. The first-order valence-electron chi connectivity index (χ1n) is 7.39. The Morgan fingerprint density at radius 3 is 3.15 bits per heavy atom. The van der Waals surface area contributed by atoms with E-state index in [1.54, 1.807) is 0 Å². The van der Waals surface area contributed by atoms with Gasteiger partial charge in [-0.15, -0.1) is 0 Å². The Labute approximate surface area is 125 Å². The fraction of sp³-hybridized carbons (Fsp3) is 0.562. The van der Waals surface area contributed by atoms with E-state index in [0.717, 1.165) is 37.4 Å². The van der Waals surface area contributed by atoms with Crippen LogP contribution >= 0.6 is 11.8 Å². The summed E-state index contributed by atoms with van der Waals surface area (Å²) in [6.45, 7) is 2.90. The molecule has 110 valence electrons. The third-order valence-electron chi connectivity index (χ3n) is 3.73. The van der Waals surface area contributed by atoms with Crippen molar-refractivity contribution in [2.45, 2.75) is 25.2 Å². The highest BCUT2D eigenvalue weighted by Crippen LogP contribution is 2.23. The van der Waals surface area contributed by atoms with Gasteiger partial charge in [-0.3, -0.25) is 4.79 Å². The van der Waals surface area contributed by atoms with Crippen molar-refractivity contribution in [3.63, 3.8) is 0 Å². The summed E-state index contributed by atoms with van der Waals surface area (Å²) < 4.78 is 0. The highest BCUT2D eigenvalue weighted by atomic mass is 32.2. The van der Waals surface area contributed by atoms with Crippen LogP contribution in [0.3, 0.4) is 0 Å². The predicted molar refractivity (Wildman–Crippen MR) is 86.6 cm³/mol. The zero-order chi connectivity index (χ0) is 14.2. The molecule has 0 aromatic heterocycles. The van der Waals surface area contributed by atoms with Gasteiger partial charge in [0.2, 0.25) is 0 Å².